The van der Waals surface area contributed by atoms with Crippen molar-refractivity contribution < 1.29 is 19.1 Å². The van der Waals surface area contributed by atoms with Crippen LogP contribution in [0.4, 0.5) is 0 Å². The van der Waals surface area contributed by atoms with Crippen LogP contribution < -0.4 is 14.8 Å². The first-order chi connectivity index (χ1) is 14.1. The summed E-state index contributed by atoms with van der Waals surface area (Å²) in [5.74, 6) is 0.706. The summed E-state index contributed by atoms with van der Waals surface area (Å²) in [6.45, 7) is 8.82. The number of likely N-dealkylation sites (N-methyl/N-ethyl adjacent to an activating group) is 1. The second kappa shape index (κ2) is 10.4. The number of rotatable bonds is 10. The molecule has 1 heterocycles. The highest BCUT2D eigenvalue weighted by molar-refractivity contribution is 5.99. The lowest BCUT2D eigenvalue weighted by Crippen LogP contribution is -2.35. The zero-order chi connectivity index (χ0) is 22.3. The summed E-state index contributed by atoms with van der Waals surface area (Å²) in [6, 6.07) is 3.51. The number of carbonyl (C=O) groups excluding carboxylic acids is 2. The summed E-state index contributed by atoms with van der Waals surface area (Å²) in [6.07, 6.45) is 7.89. The third kappa shape index (κ3) is 6.73. The molecule has 1 N–H and O–H groups in total. The van der Waals surface area contributed by atoms with Crippen molar-refractivity contribution in [1.29, 1.82) is 0 Å². The van der Waals surface area contributed by atoms with E-state index in [9.17, 15) is 9.59 Å². The number of Topliss-reactive ketones (excluding diaryl/α,β-unsaturated/α-hetero) is 1. The average Bonchev–Trinajstić information content (AvgIpc) is 2.64. The normalized spacial score (nSPS) is 17.2. The second-order valence-electron chi connectivity index (χ2n) is 8.42. The Bertz CT molecular complexity index is 838. The molecule has 1 aliphatic heterocycles. The van der Waals surface area contributed by atoms with Gasteiger partial charge in [0.05, 0.1) is 11.1 Å². The van der Waals surface area contributed by atoms with Crippen LogP contribution in [0.15, 0.2) is 29.9 Å². The first kappa shape index (κ1) is 23.7. The van der Waals surface area contributed by atoms with Gasteiger partial charge in [-0.05, 0) is 78.9 Å². The van der Waals surface area contributed by atoms with E-state index in [0.29, 0.717) is 29.2 Å². The van der Waals surface area contributed by atoms with E-state index in [4.69, 9.17) is 9.47 Å². The molecule has 0 aromatic heterocycles. The van der Waals surface area contributed by atoms with Crippen molar-refractivity contribution in [3.05, 3.63) is 41.0 Å². The van der Waals surface area contributed by atoms with Gasteiger partial charge in [-0.3, -0.25) is 9.59 Å². The summed E-state index contributed by atoms with van der Waals surface area (Å²) in [5.41, 5.74) is 1.99. The number of nitrogens with one attached hydrogen (secondary N) is 1. The standard InChI is InChI=1S/C24H34N2O4/c1-17(2)8-7-12-24(4)13-11-20-21(30-24)10-9-19(18(3)27)23(20)29-16-22(28)25-14-15-26(5)6/h8-11,13H,7,12,14-16H2,1-6H3,(H,25,28). The Kier molecular flexibility index (Phi) is 8.24. The molecular formula is C24H34N2O4. The molecule has 6 nitrogen and oxygen atoms in total. The van der Waals surface area contributed by atoms with Gasteiger partial charge in [0, 0.05) is 13.1 Å². The molecule has 30 heavy (non-hydrogen) atoms. The Morgan fingerprint density at radius 1 is 1.23 bits per heavy atom. The number of carbonyl (C=O) groups is 2. The van der Waals surface area contributed by atoms with Gasteiger partial charge in [0.15, 0.2) is 12.4 Å². The van der Waals surface area contributed by atoms with Crippen LogP contribution in [0.2, 0.25) is 0 Å². The molecule has 0 saturated heterocycles. The molecule has 0 aliphatic carbocycles. The third-order valence-electron chi connectivity index (χ3n) is 4.90. The van der Waals surface area contributed by atoms with Crippen molar-refractivity contribution in [1.82, 2.24) is 10.2 Å². The fraction of sp³-hybridized carbons (Fsp3) is 0.500. The van der Waals surface area contributed by atoms with Gasteiger partial charge < -0.3 is 19.7 Å². The molecule has 0 bridgehead atoms. The lowest BCUT2D eigenvalue weighted by Gasteiger charge is -2.32. The zero-order valence-corrected chi connectivity index (χ0v) is 19.0. The lowest BCUT2D eigenvalue weighted by atomic mass is 9.93. The van der Waals surface area contributed by atoms with Crippen LogP contribution >= 0.6 is 0 Å². The average molecular weight is 415 g/mol. The molecule has 1 aliphatic rings. The minimum Gasteiger partial charge on any atom is -0.483 e. The highest BCUT2D eigenvalue weighted by atomic mass is 16.5. The summed E-state index contributed by atoms with van der Waals surface area (Å²) in [4.78, 5) is 26.2. The molecule has 1 amide bonds. The van der Waals surface area contributed by atoms with Crippen molar-refractivity contribution >= 4 is 17.8 Å². The Labute approximate surface area is 179 Å². The van der Waals surface area contributed by atoms with Gasteiger partial charge >= 0.3 is 0 Å². The molecular weight excluding hydrogens is 380 g/mol. The third-order valence-corrected chi connectivity index (χ3v) is 4.90. The molecule has 1 aromatic rings. The quantitative estimate of drug-likeness (QED) is 0.465. The van der Waals surface area contributed by atoms with Crippen molar-refractivity contribution in [2.45, 2.75) is 46.1 Å². The number of benzene rings is 1. The minimum atomic E-state index is -0.433. The van der Waals surface area contributed by atoms with E-state index in [1.165, 1.54) is 12.5 Å². The lowest BCUT2D eigenvalue weighted by molar-refractivity contribution is -0.123. The number of hydrogen-bond acceptors (Lipinski definition) is 5. The molecule has 1 unspecified atom stereocenters. The Morgan fingerprint density at radius 3 is 2.60 bits per heavy atom. The van der Waals surface area contributed by atoms with Gasteiger partial charge in [-0.25, -0.2) is 0 Å². The Hall–Kier alpha value is -2.60. The Balaban J connectivity index is 2.16. The first-order valence-corrected chi connectivity index (χ1v) is 10.3. The van der Waals surface area contributed by atoms with Gasteiger partial charge in [-0.15, -0.1) is 0 Å². The van der Waals surface area contributed by atoms with E-state index in [0.717, 1.165) is 19.4 Å². The molecule has 0 fully saturated rings. The van der Waals surface area contributed by atoms with Gasteiger partial charge in [0.25, 0.3) is 5.91 Å². The number of allylic oxidation sites excluding steroid dienone is 2. The van der Waals surface area contributed by atoms with Crippen LogP contribution in [-0.2, 0) is 4.79 Å². The minimum absolute atomic E-state index is 0.119. The fourth-order valence-corrected chi connectivity index (χ4v) is 3.20. The number of ether oxygens (including phenoxy) is 2. The zero-order valence-electron chi connectivity index (χ0n) is 19.0. The van der Waals surface area contributed by atoms with E-state index in [1.807, 2.05) is 38.1 Å². The van der Waals surface area contributed by atoms with E-state index >= 15 is 0 Å². The van der Waals surface area contributed by atoms with E-state index < -0.39 is 5.60 Å². The predicted octanol–water partition coefficient (Wildman–Crippen LogP) is 3.86. The maximum Gasteiger partial charge on any atom is 0.257 e. The largest absolute Gasteiger partial charge is 0.483 e. The summed E-state index contributed by atoms with van der Waals surface area (Å²) in [7, 11) is 3.88. The van der Waals surface area contributed by atoms with Crippen molar-refractivity contribution in [2.75, 3.05) is 33.8 Å². The molecule has 0 radical (unpaired) electrons. The number of ketones is 1. The van der Waals surface area contributed by atoms with Crippen LogP contribution in [0.25, 0.3) is 6.08 Å². The van der Waals surface area contributed by atoms with Crippen LogP contribution in [0.1, 0.15) is 56.5 Å². The number of fused-ring (bicyclic) bond motifs is 1. The van der Waals surface area contributed by atoms with Crippen molar-refractivity contribution in [3.63, 3.8) is 0 Å². The van der Waals surface area contributed by atoms with E-state index in [2.05, 4.69) is 25.2 Å². The SMILES string of the molecule is CC(=O)c1ccc2c(c1OCC(=O)NCCN(C)C)C=CC(C)(CCC=C(C)C)O2. The molecule has 1 atom stereocenters. The smallest absolute Gasteiger partial charge is 0.257 e. The molecule has 6 heteroatoms. The number of nitrogens with zero attached hydrogens (tertiary/aromatic N) is 1. The van der Waals surface area contributed by atoms with Gasteiger partial charge in [0.2, 0.25) is 0 Å². The molecule has 0 spiro atoms. The molecule has 164 valence electrons. The summed E-state index contributed by atoms with van der Waals surface area (Å²) in [5, 5.41) is 2.81. The first-order valence-electron chi connectivity index (χ1n) is 10.3. The summed E-state index contributed by atoms with van der Waals surface area (Å²) >= 11 is 0. The number of hydrogen-bond donors (Lipinski definition) is 1. The monoisotopic (exact) mass is 414 g/mol. The van der Waals surface area contributed by atoms with Crippen LogP contribution in [-0.4, -0.2) is 56.0 Å². The molecule has 0 saturated carbocycles. The fourth-order valence-electron chi connectivity index (χ4n) is 3.20. The maximum atomic E-state index is 12.1. The molecule has 2 rings (SSSR count). The van der Waals surface area contributed by atoms with Crippen LogP contribution in [0.3, 0.4) is 0 Å². The van der Waals surface area contributed by atoms with Gasteiger partial charge in [0.1, 0.15) is 17.1 Å². The Morgan fingerprint density at radius 2 is 1.97 bits per heavy atom. The van der Waals surface area contributed by atoms with Crippen molar-refractivity contribution in [2.24, 2.45) is 0 Å². The van der Waals surface area contributed by atoms with Gasteiger partial charge in [-0.2, -0.15) is 0 Å². The molecule has 1 aromatic carbocycles. The van der Waals surface area contributed by atoms with E-state index in [-0.39, 0.29) is 18.3 Å². The highest BCUT2D eigenvalue weighted by Crippen LogP contribution is 2.40. The topological polar surface area (TPSA) is 67.9 Å². The van der Waals surface area contributed by atoms with E-state index in [1.54, 1.807) is 12.1 Å². The maximum absolute atomic E-state index is 12.1. The van der Waals surface area contributed by atoms with Crippen molar-refractivity contribution in [3.8, 4) is 11.5 Å². The van der Waals surface area contributed by atoms with Gasteiger partial charge in [-0.1, -0.05) is 11.6 Å². The second-order valence-corrected chi connectivity index (χ2v) is 8.42. The van der Waals surface area contributed by atoms with Crippen LogP contribution in [0.5, 0.6) is 11.5 Å². The summed E-state index contributed by atoms with van der Waals surface area (Å²) < 4.78 is 12.1. The highest BCUT2D eigenvalue weighted by Gasteiger charge is 2.29. The predicted molar refractivity (Wildman–Crippen MR) is 120 cm³/mol. The van der Waals surface area contributed by atoms with Crippen LogP contribution in [0, 0.1) is 0 Å². The number of amides is 1.